The van der Waals surface area contributed by atoms with E-state index in [1.54, 1.807) is 29.8 Å². The van der Waals surface area contributed by atoms with Crippen LogP contribution in [0.3, 0.4) is 0 Å². The summed E-state index contributed by atoms with van der Waals surface area (Å²) in [6.45, 7) is 0.877. The van der Waals surface area contributed by atoms with Gasteiger partial charge in [-0.25, -0.2) is 0 Å². The van der Waals surface area contributed by atoms with E-state index in [-0.39, 0.29) is 11.4 Å². The van der Waals surface area contributed by atoms with E-state index in [2.05, 4.69) is 10.9 Å². The number of carbonyl (C=O) groups is 3. The standard InChI is InChI=1S/C13H13N3O5S2/c1-8-7-23-13(20)16(8)5-11(18)21-6-10(17)14-15-12(19)9-3-2-4-22-9/h2-4,7H,5-6H2,1H3,(H,14,17)(H,15,19). The van der Waals surface area contributed by atoms with Crippen LogP contribution in [0.4, 0.5) is 0 Å². The Labute approximate surface area is 138 Å². The van der Waals surface area contributed by atoms with Crippen molar-refractivity contribution in [1.29, 1.82) is 0 Å². The summed E-state index contributed by atoms with van der Waals surface area (Å²) in [7, 11) is 0. The fourth-order valence-corrected chi connectivity index (χ4v) is 2.90. The highest BCUT2D eigenvalue weighted by Crippen LogP contribution is 2.06. The Morgan fingerprint density at radius 2 is 2.04 bits per heavy atom. The van der Waals surface area contributed by atoms with Crippen LogP contribution in [-0.2, 0) is 20.9 Å². The monoisotopic (exact) mass is 355 g/mol. The molecule has 10 heteroatoms. The maximum atomic E-state index is 11.6. The number of esters is 1. The van der Waals surface area contributed by atoms with Crippen molar-refractivity contribution >= 4 is 40.5 Å². The SMILES string of the molecule is Cc1csc(=O)n1CC(=O)OCC(=O)NNC(=O)c1cccs1. The molecule has 2 N–H and O–H groups in total. The van der Waals surface area contributed by atoms with E-state index in [9.17, 15) is 19.2 Å². The van der Waals surface area contributed by atoms with Crippen molar-refractivity contribution < 1.29 is 19.1 Å². The third-order valence-corrected chi connectivity index (χ3v) is 4.44. The normalized spacial score (nSPS) is 10.1. The van der Waals surface area contributed by atoms with Crippen LogP contribution < -0.4 is 15.7 Å². The van der Waals surface area contributed by atoms with Crippen molar-refractivity contribution in [2.24, 2.45) is 0 Å². The molecule has 2 heterocycles. The Kier molecular flexibility index (Phi) is 5.66. The van der Waals surface area contributed by atoms with Crippen LogP contribution >= 0.6 is 22.7 Å². The van der Waals surface area contributed by atoms with Gasteiger partial charge < -0.3 is 4.74 Å². The molecule has 8 nitrogen and oxygen atoms in total. The molecule has 0 radical (unpaired) electrons. The van der Waals surface area contributed by atoms with Gasteiger partial charge in [-0.15, -0.1) is 11.3 Å². The fourth-order valence-electron chi connectivity index (χ4n) is 1.55. The maximum absolute atomic E-state index is 11.6. The van der Waals surface area contributed by atoms with E-state index >= 15 is 0 Å². The van der Waals surface area contributed by atoms with Gasteiger partial charge in [0.25, 0.3) is 11.8 Å². The molecule has 0 aliphatic carbocycles. The van der Waals surface area contributed by atoms with Gasteiger partial charge in [-0.2, -0.15) is 0 Å². The highest BCUT2D eigenvalue weighted by Gasteiger charge is 2.12. The largest absolute Gasteiger partial charge is 0.454 e. The minimum Gasteiger partial charge on any atom is -0.454 e. The number of hydrogen-bond donors (Lipinski definition) is 2. The zero-order valence-corrected chi connectivity index (χ0v) is 13.7. The van der Waals surface area contributed by atoms with Gasteiger partial charge in [0.05, 0.1) is 4.88 Å². The number of thiophene rings is 1. The van der Waals surface area contributed by atoms with Crippen molar-refractivity contribution in [3.63, 3.8) is 0 Å². The van der Waals surface area contributed by atoms with E-state index in [4.69, 9.17) is 4.74 Å². The molecular weight excluding hydrogens is 342 g/mol. The summed E-state index contributed by atoms with van der Waals surface area (Å²) in [5.74, 6) is -1.86. The minimum absolute atomic E-state index is 0.261. The quantitative estimate of drug-likeness (QED) is 0.592. The number of carbonyl (C=O) groups excluding carboxylic acids is 3. The molecule has 0 aliphatic heterocycles. The molecule has 122 valence electrons. The third kappa shape index (κ3) is 4.76. The lowest BCUT2D eigenvalue weighted by molar-refractivity contribution is -0.149. The zero-order chi connectivity index (χ0) is 16.8. The van der Waals surface area contributed by atoms with Crippen LogP contribution in [0.1, 0.15) is 15.4 Å². The molecular formula is C13H13N3O5S2. The summed E-state index contributed by atoms with van der Waals surface area (Å²) in [6, 6.07) is 3.31. The maximum Gasteiger partial charge on any atom is 0.326 e. The molecule has 0 aromatic carbocycles. The summed E-state index contributed by atoms with van der Waals surface area (Å²) < 4.78 is 6.01. The van der Waals surface area contributed by atoms with Crippen molar-refractivity contribution in [2.45, 2.75) is 13.5 Å². The molecule has 0 spiro atoms. The Morgan fingerprint density at radius 1 is 1.26 bits per heavy atom. The van der Waals surface area contributed by atoms with E-state index in [0.29, 0.717) is 10.6 Å². The average Bonchev–Trinajstić information content (AvgIpc) is 3.16. The molecule has 0 saturated carbocycles. The minimum atomic E-state index is -0.715. The first-order valence-electron chi connectivity index (χ1n) is 6.40. The van der Waals surface area contributed by atoms with Crippen LogP contribution in [0.15, 0.2) is 27.7 Å². The lowest BCUT2D eigenvalue weighted by Crippen LogP contribution is -2.43. The number of thiazole rings is 1. The molecule has 2 aromatic rings. The van der Waals surface area contributed by atoms with Crippen molar-refractivity contribution in [1.82, 2.24) is 15.4 Å². The number of rotatable bonds is 5. The fraction of sp³-hybridized carbons (Fsp3) is 0.231. The highest BCUT2D eigenvalue weighted by atomic mass is 32.1. The van der Waals surface area contributed by atoms with Crippen molar-refractivity contribution in [2.75, 3.05) is 6.61 Å². The van der Waals surface area contributed by atoms with Gasteiger partial charge in [0, 0.05) is 11.1 Å². The molecule has 0 atom stereocenters. The van der Waals surface area contributed by atoms with Gasteiger partial charge in [-0.3, -0.25) is 34.6 Å². The van der Waals surface area contributed by atoms with Gasteiger partial charge in [0.2, 0.25) is 0 Å². The molecule has 0 aliphatic rings. The van der Waals surface area contributed by atoms with Gasteiger partial charge in [-0.05, 0) is 18.4 Å². The molecule has 2 amide bonds. The van der Waals surface area contributed by atoms with E-state index in [1.165, 1.54) is 15.9 Å². The Bertz CT molecular complexity index is 763. The predicted molar refractivity (Wildman–Crippen MR) is 84.2 cm³/mol. The Hall–Kier alpha value is -2.46. The average molecular weight is 355 g/mol. The van der Waals surface area contributed by atoms with Crippen molar-refractivity contribution in [3.8, 4) is 0 Å². The summed E-state index contributed by atoms with van der Waals surface area (Å²) in [5, 5.41) is 3.36. The Balaban J connectivity index is 1.73. The van der Waals surface area contributed by atoms with Gasteiger partial charge in [0.1, 0.15) is 6.54 Å². The topological polar surface area (TPSA) is 106 Å². The molecule has 0 bridgehead atoms. The molecule has 23 heavy (non-hydrogen) atoms. The lowest BCUT2D eigenvalue weighted by Gasteiger charge is -2.08. The molecule has 0 fully saturated rings. The summed E-state index contributed by atoms with van der Waals surface area (Å²) in [4.78, 5) is 46.3. The Morgan fingerprint density at radius 3 is 2.65 bits per heavy atom. The first-order chi connectivity index (χ1) is 11.0. The van der Waals surface area contributed by atoms with Crippen molar-refractivity contribution in [3.05, 3.63) is 43.1 Å². The van der Waals surface area contributed by atoms with Crippen LogP contribution in [0.5, 0.6) is 0 Å². The summed E-state index contributed by atoms with van der Waals surface area (Å²) >= 11 is 2.21. The van der Waals surface area contributed by atoms with E-state index in [0.717, 1.165) is 11.3 Å². The smallest absolute Gasteiger partial charge is 0.326 e. The number of hydrogen-bond acceptors (Lipinski definition) is 7. The number of ether oxygens (including phenoxy) is 1. The van der Waals surface area contributed by atoms with Crippen LogP contribution in [-0.4, -0.2) is 29.0 Å². The molecule has 0 saturated heterocycles. The first kappa shape index (κ1) is 16.9. The summed E-state index contributed by atoms with van der Waals surface area (Å²) in [6.07, 6.45) is 0. The zero-order valence-electron chi connectivity index (χ0n) is 12.0. The number of nitrogens with one attached hydrogen (secondary N) is 2. The second-order valence-corrected chi connectivity index (χ2v) is 6.14. The van der Waals surface area contributed by atoms with Crippen LogP contribution in [0.2, 0.25) is 0 Å². The van der Waals surface area contributed by atoms with E-state index in [1.807, 2.05) is 0 Å². The highest BCUT2D eigenvalue weighted by molar-refractivity contribution is 7.12. The van der Waals surface area contributed by atoms with Gasteiger partial charge >= 0.3 is 10.8 Å². The lowest BCUT2D eigenvalue weighted by atomic mass is 10.4. The van der Waals surface area contributed by atoms with E-state index < -0.39 is 24.4 Å². The van der Waals surface area contributed by atoms with Crippen LogP contribution in [0.25, 0.3) is 0 Å². The number of aromatic nitrogens is 1. The second kappa shape index (κ2) is 7.70. The molecule has 2 rings (SSSR count). The number of hydrazine groups is 1. The predicted octanol–water partition coefficient (Wildman–Crippen LogP) is 0.284. The van der Waals surface area contributed by atoms with Gasteiger partial charge in [-0.1, -0.05) is 17.4 Å². The number of aryl methyl sites for hydroxylation is 1. The first-order valence-corrected chi connectivity index (χ1v) is 8.16. The molecule has 0 unspecified atom stereocenters. The number of amides is 2. The van der Waals surface area contributed by atoms with Crippen LogP contribution in [0, 0.1) is 6.92 Å². The number of nitrogens with zero attached hydrogens (tertiary/aromatic N) is 1. The third-order valence-electron chi connectivity index (χ3n) is 2.69. The second-order valence-electron chi connectivity index (χ2n) is 4.37. The summed E-state index contributed by atoms with van der Waals surface area (Å²) in [5.41, 5.74) is 4.97. The molecule has 2 aromatic heterocycles. The van der Waals surface area contributed by atoms with Gasteiger partial charge in [0.15, 0.2) is 6.61 Å².